The highest BCUT2D eigenvalue weighted by atomic mass is 16.2. The molecule has 0 radical (unpaired) electrons. The lowest BCUT2D eigenvalue weighted by atomic mass is 9.78. The van der Waals surface area contributed by atoms with Gasteiger partial charge in [0.05, 0.1) is 17.5 Å². The van der Waals surface area contributed by atoms with Crippen LogP contribution in [0.1, 0.15) is 39.2 Å². The summed E-state index contributed by atoms with van der Waals surface area (Å²) in [6, 6.07) is 7.76. The molecule has 3 rings (SSSR count). The molecule has 2 aliphatic rings. The first-order chi connectivity index (χ1) is 10.0. The Kier molecular flexibility index (Phi) is 3.44. The number of nitrogens with zero attached hydrogens (tertiary/aromatic N) is 1. The molecule has 3 nitrogen and oxygen atoms in total. The molecule has 2 amide bonds. The Bertz CT molecular complexity index is 595. The Hall–Kier alpha value is -1.90. The number of fused-ring (bicyclic) bond motifs is 1. The summed E-state index contributed by atoms with van der Waals surface area (Å²) in [7, 11) is 0. The first kappa shape index (κ1) is 14.1. The van der Waals surface area contributed by atoms with Crippen LogP contribution in [0.15, 0.2) is 35.4 Å². The molecule has 3 heteroatoms. The van der Waals surface area contributed by atoms with Crippen LogP contribution in [0.5, 0.6) is 0 Å². The summed E-state index contributed by atoms with van der Waals surface area (Å²) in [5, 5.41) is 0. The molecule has 0 unspecified atom stereocenters. The van der Waals surface area contributed by atoms with Crippen LogP contribution in [0.2, 0.25) is 0 Å². The third kappa shape index (κ3) is 2.21. The molecule has 1 aromatic carbocycles. The van der Waals surface area contributed by atoms with Gasteiger partial charge in [-0.05, 0) is 50.8 Å². The van der Waals surface area contributed by atoms with Crippen LogP contribution in [-0.4, -0.2) is 11.8 Å². The Labute approximate surface area is 125 Å². The zero-order chi connectivity index (χ0) is 15.1. The number of carbonyl (C=O) groups is 2. The molecule has 1 aliphatic heterocycles. The summed E-state index contributed by atoms with van der Waals surface area (Å²) in [4.78, 5) is 26.7. The monoisotopic (exact) mass is 283 g/mol. The van der Waals surface area contributed by atoms with Gasteiger partial charge in [-0.1, -0.05) is 30.2 Å². The lowest BCUT2D eigenvalue weighted by Gasteiger charge is -2.23. The number of aryl methyl sites for hydroxylation is 1. The first-order valence-electron chi connectivity index (χ1n) is 7.65. The van der Waals surface area contributed by atoms with E-state index >= 15 is 0 Å². The minimum Gasteiger partial charge on any atom is -0.274 e. The average Bonchev–Trinajstić information content (AvgIpc) is 2.72. The van der Waals surface area contributed by atoms with Crippen molar-refractivity contribution in [3.8, 4) is 0 Å². The molecule has 1 heterocycles. The minimum atomic E-state index is -0.160. The van der Waals surface area contributed by atoms with Gasteiger partial charge in [0, 0.05) is 0 Å². The second-order valence-corrected chi connectivity index (χ2v) is 6.21. The van der Waals surface area contributed by atoms with Gasteiger partial charge < -0.3 is 0 Å². The number of amides is 2. The fourth-order valence-corrected chi connectivity index (χ4v) is 3.39. The van der Waals surface area contributed by atoms with Crippen LogP contribution in [0, 0.1) is 11.8 Å². The molecule has 0 bridgehead atoms. The average molecular weight is 283 g/mol. The van der Waals surface area contributed by atoms with Gasteiger partial charge in [-0.2, -0.15) is 0 Å². The van der Waals surface area contributed by atoms with E-state index in [1.807, 2.05) is 24.3 Å². The van der Waals surface area contributed by atoms with Gasteiger partial charge >= 0.3 is 0 Å². The highest BCUT2D eigenvalue weighted by Crippen LogP contribution is 2.42. The maximum absolute atomic E-state index is 12.6. The number of hydrogen-bond acceptors (Lipinski definition) is 2. The highest BCUT2D eigenvalue weighted by Gasteiger charge is 2.49. The predicted molar refractivity (Wildman–Crippen MR) is 82.9 cm³/mol. The largest absolute Gasteiger partial charge is 0.274 e. The standard InChI is InChI=1S/C18H21NO2/c1-4-13-5-7-14(8-6-13)19-17(20)15-9-11(2)12(3)10-16(15)18(19)21/h5-8,15-16H,4,9-10H2,1-3H3/t15-,16-/m0/s1. The summed E-state index contributed by atoms with van der Waals surface area (Å²) in [5.74, 6) is -0.374. The van der Waals surface area contributed by atoms with Crippen LogP contribution in [0.25, 0.3) is 0 Å². The van der Waals surface area contributed by atoms with E-state index in [1.54, 1.807) is 0 Å². The van der Waals surface area contributed by atoms with Crippen molar-refractivity contribution in [2.75, 3.05) is 4.90 Å². The van der Waals surface area contributed by atoms with Crippen molar-refractivity contribution in [1.82, 2.24) is 0 Å². The molecule has 2 atom stereocenters. The molecule has 0 spiro atoms. The first-order valence-corrected chi connectivity index (χ1v) is 7.65. The van der Waals surface area contributed by atoms with Crippen molar-refractivity contribution in [1.29, 1.82) is 0 Å². The summed E-state index contributed by atoms with van der Waals surface area (Å²) in [5.41, 5.74) is 4.46. The molecule has 1 aromatic rings. The van der Waals surface area contributed by atoms with Crippen molar-refractivity contribution in [3.63, 3.8) is 0 Å². The molecule has 1 fully saturated rings. The van der Waals surface area contributed by atoms with E-state index in [2.05, 4.69) is 20.8 Å². The van der Waals surface area contributed by atoms with E-state index in [1.165, 1.54) is 21.6 Å². The molecular formula is C18H21NO2. The van der Waals surface area contributed by atoms with Crippen molar-refractivity contribution in [2.24, 2.45) is 11.8 Å². The summed E-state index contributed by atoms with van der Waals surface area (Å²) < 4.78 is 0. The van der Waals surface area contributed by atoms with Crippen LogP contribution < -0.4 is 4.90 Å². The number of hydrogen-bond donors (Lipinski definition) is 0. The normalized spacial score (nSPS) is 25.6. The van der Waals surface area contributed by atoms with Gasteiger partial charge in [-0.3, -0.25) is 14.5 Å². The second kappa shape index (κ2) is 5.14. The van der Waals surface area contributed by atoms with E-state index in [9.17, 15) is 9.59 Å². The fraction of sp³-hybridized carbons (Fsp3) is 0.444. The Morgan fingerprint density at radius 2 is 1.43 bits per heavy atom. The van der Waals surface area contributed by atoms with E-state index in [4.69, 9.17) is 0 Å². The van der Waals surface area contributed by atoms with Gasteiger partial charge in [0.1, 0.15) is 0 Å². The number of allylic oxidation sites excluding steroid dienone is 2. The molecule has 21 heavy (non-hydrogen) atoms. The Morgan fingerprint density at radius 3 is 1.86 bits per heavy atom. The van der Waals surface area contributed by atoms with Crippen LogP contribution in [0.4, 0.5) is 5.69 Å². The van der Waals surface area contributed by atoms with Gasteiger partial charge in [0.25, 0.3) is 0 Å². The zero-order valence-electron chi connectivity index (χ0n) is 12.8. The summed E-state index contributed by atoms with van der Waals surface area (Å²) in [6.07, 6.45) is 2.41. The van der Waals surface area contributed by atoms with Gasteiger partial charge in [-0.15, -0.1) is 0 Å². The third-order valence-electron chi connectivity index (χ3n) is 4.94. The Balaban J connectivity index is 1.92. The van der Waals surface area contributed by atoms with E-state index < -0.39 is 0 Å². The summed E-state index contributed by atoms with van der Waals surface area (Å²) in [6.45, 7) is 6.23. The quantitative estimate of drug-likeness (QED) is 0.615. The maximum atomic E-state index is 12.6. The molecule has 1 aliphatic carbocycles. The lowest BCUT2D eigenvalue weighted by Crippen LogP contribution is -2.30. The SMILES string of the molecule is CCc1ccc(N2C(=O)[C@H]3CC(C)=C(C)C[C@@H]3C2=O)cc1. The summed E-state index contributed by atoms with van der Waals surface area (Å²) >= 11 is 0. The van der Waals surface area contributed by atoms with Crippen molar-refractivity contribution in [2.45, 2.75) is 40.0 Å². The second-order valence-electron chi connectivity index (χ2n) is 6.21. The number of anilines is 1. The van der Waals surface area contributed by atoms with Crippen LogP contribution >= 0.6 is 0 Å². The van der Waals surface area contributed by atoms with Gasteiger partial charge in [0.2, 0.25) is 11.8 Å². The predicted octanol–water partition coefficient (Wildman–Crippen LogP) is 3.48. The molecular weight excluding hydrogens is 262 g/mol. The van der Waals surface area contributed by atoms with Crippen molar-refractivity contribution >= 4 is 17.5 Å². The smallest absolute Gasteiger partial charge is 0.238 e. The number of imide groups is 1. The molecule has 0 N–H and O–H groups in total. The van der Waals surface area contributed by atoms with Crippen LogP contribution in [0.3, 0.4) is 0 Å². The highest BCUT2D eigenvalue weighted by molar-refractivity contribution is 6.22. The van der Waals surface area contributed by atoms with Crippen molar-refractivity contribution in [3.05, 3.63) is 41.0 Å². The zero-order valence-corrected chi connectivity index (χ0v) is 12.8. The Morgan fingerprint density at radius 1 is 0.952 bits per heavy atom. The minimum absolute atomic E-state index is 0.0268. The van der Waals surface area contributed by atoms with Crippen molar-refractivity contribution < 1.29 is 9.59 Å². The number of benzene rings is 1. The molecule has 0 saturated carbocycles. The number of carbonyl (C=O) groups excluding carboxylic acids is 2. The molecule has 0 aromatic heterocycles. The topological polar surface area (TPSA) is 37.4 Å². The van der Waals surface area contributed by atoms with E-state index in [-0.39, 0.29) is 23.7 Å². The van der Waals surface area contributed by atoms with Crippen LogP contribution in [-0.2, 0) is 16.0 Å². The number of rotatable bonds is 2. The van der Waals surface area contributed by atoms with E-state index in [0.29, 0.717) is 5.69 Å². The fourth-order valence-electron chi connectivity index (χ4n) is 3.39. The molecule has 1 saturated heterocycles. The van der Waals surface area contributed by atoms with Gasteiger partial charge in [-0.25, -0.2) is 0 Å². The molecule has 110 valence electrons. The third-order valence-corrected chi connectivity index (χ3v) is 4.94. The van der Waals surface area contributed by atoms with E-state index in [0.717, 1.165) is 19.3 Å². The van der Waals surface area contributed by atoms with Gasteiger partial charge in [0.15, 0.2) is 0 Å². The maximum Gasteiger partial charge on any atom is 0.238 e. The lowest BCUT2D eigenvalue weighted by molar-refractivity contribution is -0.122.